The summed E-state index contributed by atoms with van der Waals surface area (Å²) in [6.45, 7) is 5.42. The Hall–Kier alpha value is -4.31. The summed E-state index contributed by atoms with van der Waals surface area (Å²) < 4.78 is 10.4. The molecule has 1 fully saturated rings. The van der Waals surface area contributed by atoms with Gasteiger partial charge in [-0.2, -0.15) is 4.98 Å². The van der Waals surface area contributed by atoms with E-state index in [9.17, 15) is 14.4 Å². The van der Waals surface area contributed by atoms with E-state index < -0.39 is 17.9 Å². The number of ketones is 1. The fourth-order valence-corrected chi connectivity index (χ4v) is 5.41. The summed E-state index contributed by atoms with van der Waals surface area (Å²) in [5.41, 5.74) is 3.99. The minimum absolute atomic E-state index is 0.0426. The number of ether oxygens (including phenoxy) is 1. The summed E-state index contributed by atoms with van der Waals surface area (Å²) in [4.78, 5) is 42.5. The Balaban J connectivity index is 1.16. The van der Waals surface area contributed by atoms with Crippen LogP contribution in [-0.2, 0) is 24.0 Å². The van der Waals surface area contributed by atoms with Crippen molar-refractivity contribution in [3.63, 3.8) is 0 Å². The number of amides is 2. The molecule has 0 unspecified atom stereocenters. The molecular formula is C31H35N5O5. The Morgan fingerprint density at radius 2 is 1.88 bits per heavy atom. The number of Topliss-reactive ketones (excluding diaryl/α,β-unsaturated/α-hetero) is 1. The quantitative estimate of drug-likeness (QED) is 0.228. The number of benzene rings is 2. The van der Waals surface area contributed by atoms with Gasteiger partial charge in [0.15, 0.2) is 0 Å². The Bertz CT molecular complexity index is 1350. The van der Waals surface area contributed by atoms with Crippen molar-refractivity contribution in [3.05, 3.63) is 95.2 Å². The molecule has 1 aromatic heterocycles. The largest absolute Gasteiger partial charge is 0.445 e. The molecule has 2 heterocycles. The molecule has 5 rings (SSSR count). The predicted octanol–water partition coefficient (Wildman–Crippen LogP) is 3.41. The van der Waals surface area contributed by atoms with Crippen molar-refractivity contribution in [2.45, 2.75) is 50.6 Å². The minimum Gasteiger partial charge on any atom is -0.445 e. The van der Waals surface area contributed by atoms with Gasteiger partial charge >= 0.3 is 6.09 Å². The van der Waals surface area contributed by atoms with Crippen LogP contribution in [0.4, 0.5) is 4.79 Å². The predicted molar refractivity (Wildman–Crippen MR) is 152 cm³/mol. The molecule has 10 nitrogen and oxygen atoms in total. The van der Waals surface area contributed by atoms with Gasteiger partial charge in [0.1, 0.15) is 6.61 Å². The van der Waals surface area contributed by atoms with E-state index in [1.54, 1.807) is 12.1 Å². The number of hydrogen-bond acceptors (Lipinski definition) is 8. The lowest BCUT2D eigenvalue weighted by molar-refractivity contribution is 0.0903. The van der Waals surface area contributed by atoms with Crippen LogP contribution in [0.2, 0.25) is 0 Å². The van der Waals surface area contributed by atoms with E-state index in [0.717, 1.165) is 44.3 Å². The van der Waals surface area contributed by atoms with E-state index in [4.69, 9.17) is 9.26 Å². The molecule has 10 heteroatoms. The monoisotopic (exact) mass is 557 g/mol. The van der Waals surface area contributed by atoms with Crippen molar-refractivity contribution >= 4 is 17.8 Å². The van der Waals surface area contributed by atoms with Crippen LogP contribution in [-0.4, -0.2) is 59.7 Å². The maximum absolute atomic E-state index is 13.2. The molecule has 2 atom stereocenters. The number of aromatic nitrogens is 2. The third-order valence-electron chi connectivity index (χ3n) is 7.61. The summed E-state index contributed by atoms with van der Waals surface area (Å²) in [7, 11) is 0. The molecule has 3 aromatic rings. The molecular weight excluding hydrogens is 522 g/mol. The maximum atomic E-state index is 13.2. The van der Waals surface area contributed by atoms with Crippen molar-refractivity contribution in [1.82, 2.24) is 26.1 Å². The molecule has 2 amide bonds. The second kappa shape index (κ2) is 13.4. The van der Waals surface area contributed by atoms with E-state index in [1.807, 2.05) is 24.3 Å². The lowest BCUT2D eigenvalue weighted by Gasteiger charge is -2.17. The van der Waals surface area contributed by atoms with Crippen LogP contribution < -0.4 is 16.0 Å². The fourth-order valence-electron chi connectivity index (χ4n) is 5.41. The van der Waals surface area contributed by atoms with E-state index in [-0.39, 0.29) is 30.3 Å². The fraction of sp³-hybridized carbons (Fsp3) is 0.387. The highest BCUT2D eigenvalue weighted by atomic mass is 16.5. The van der Waals surface area contributed by atoms with Crippen LogP contribution in [0.25, 0.3) is 0 Å². The first-order chi connectivity index (χ1) is 20.0. The van der Waals surface area contributed by atoms with Gasteiger partial charge in [-0.3, -0.25) is 9.59 Å². The second-order valence-corrected chi connectivity index (χ2v) is 10.6. The summed E-state index contributed by atoms with van der Waals surface area (Å²) in [5.74, 6) is 0.0761. The van der Waals surface area contributed by atoms with Gasteiger partial charge in [0.25, 0.3) is 5.91 Å². The van der Waals surface area contributed by atoms with E-state index in [2.05, 4.69) is 44.8 Å². The van der Waals surface area contributed by atoms with Gasteiger partial charge < -0.3 is 25.2 Å². The molecule has 0 saturated carbocycles. The van der Waals surface area contributed by atoms with Gasteiger partial charge in [-0.15, -0.1) is 0 Å². The average molecular weight is 558 g/mol. The van der Waals surface area contributed by atoms with Crippen molar-refractivity contribution in [2.75, 3.05) is 19.7 Å². The molecule has 41 heavy (non-hydrogen) atoms. The van der Waals surface area contributed by atoms with Crippen molar-refractivity contribution in [1.29, 1.82) is 0 Å². The third kappa shape index (κ3) is 7.46. The van der Waals surface area contributed by atoms with Gasteiger partial charge in [-0.05, 0) is 79.9 Å². The topological polar surface area (TPSA) is 135 Å². The molecule has 1 saturated heterocycles. The maximum Gasteiger partial charge on any atom is 0.408 e. The first-order valence-electron chi connectivity index (χ1n) is 14.1. The lowest BCUT2D eigenvalue weighted by Crippen LogP contribution is -2.42. The number of nitrogens with one attached hydrogen (secondary N) is 3. The zero-order chi connectivity index (χ0) is 28.6. The van der Waals surface area contributed by atoms with Crippen molar-refractivity contribution in [2.24, 2.45) is 5.92 Å². The van der Waals surface area contributed by atoms with Crippen LogP contribution in [0, 0.1) is 5.92 Å². The van der Waals surface area contributed by atoms with Crippen LogP contribution in [0.1, 0.15) is 62.8 Å². The number of rotatable bonds is 12. The molecule has 0 radical (unpaired) electrons. The van der Waals surface area contributed by atoms with Gasteiger partial charge in [-0.1, -0.05) is 54.2 Å². The number of carbonyl (C=O) groups is 3. The van der Waals surface area contributed by atoms with Gasteiger partial charge in [0, 0.05) is 11.6 Å². The minimum atomic E-state index is -0.830. The van der Waals surface area contributed by atoms with Crippen molar-refractivity contribution in [3.8, 4) is 0 Å². The molecule has 1 aliphatic carbocycles. The SMILES string of the molecule is C=CCOC(=O)N[C@H](CC[C@@H]1CCNC1)C(=O)c1noc(Cc2ccc(C(=O)NC3Cc4ccccc4C3)cc2)n1. The summed E-state index contributed by atoms with van der Waals surface area (Å²) >= 11 is 0. The molecule has 2 aromatic carbocycles. The van der Waals surface area contributed by atoms with Crippen LogP contribution in [0.5, 0.6) is 0 Å². The number of hydrogen-bond donors (Lipinski definition) is 3. The molecule has 0 bridgehead atoms. The van der Waals surface area contributed by atoms with Gasteiger partial charge in [0.2, 0.25) is 17.5 Å². The number of fused-ring (bicyclic) bond motifs is 1. The average Bonchev–Trinajstić information content (AvgIpc) is 3.75. The second-order valence-electron chi connectivity index (χ2n) is 10.6. The normalized spacial score (nSPS) is 17.0. The molecule has 0 spiro atoms. The molecule has 3 N–H and O–H groups in total. The van der Waals surface area contributed by atoms with Crippen LogP contribution in [0.3, 0.4) is 0 Å². The first kappa shape index (κ1) is 28.2. The Morgan fingerprint density at radius 1 is 1.12 bits per heavy atom. The summed E-state index contributed by atoms with van der Waals surface area (Å²) in [6, 6.07) is 14.7. The highest BCUT2D eigenvalue weighted by molar-refractivity contribution is 5.98. The lowest BCUT2D eigenvalue weighted by atomic mass is 9.97. The Labute approximate surface area is 238 Å². The highest BCUT2D eigenvalue weighted by Gasteiger charge is 2.29. The van der Waals surface area contributed by atoms with Crippen LogP contribution >= 0.6 is 0 Å². The third-order valence-corrected chi connectivity index (χ3v) is 7.61. The van der Waals surface area contributed by atoms with Crippen LogP contribution in [0.15, 0.2) is 65.7 Å². The highest BCUT2D eigenvalue weighted by Crippen LogP contribution is 2.22. The van der Waals surface area contributed by atoms with Crippen molar-refractivity contribution < 1.29 is 23.6 Å². The Morgan fingerprint density at radius 3 is 2.56 bits per heavy atom. The van der Waals surface area contributed by atoms with E-state index in [0.29, 0.717) is 24.3 Å². The first-order valence-corrected chi connectivity index (χ1v) is 14.1. The molecule has 214 valence electrons. The number of nitrogens with zero attached hydrogens (tertiary/aromatic N) is 2. The Kier molecular flexibility index (Phi) is 9.20. The smallest absolute Gasteiger partial charge is 0.408 e. The zero-order valence-electron chi connectivity index (χ0n) is 22.9. The number of alkyl carbamates (subject to hydrolysis) is 1. The van der Waals surface area contributed by atoms with E-state index >= 15 is 0 Å². The molecule has 1 aliphatic heterocycles. The van der Waals surface area contributed by atoms with Gasteiger partial charge in [-0.25, -0.2) is 4.79 Å². The summed E-state index contributed by atoms with van der Waals surface area (Å²) in [5, 5.41) is 13.0. The van der Waals surface area contributed by atoms with E-state index in [1.165, 1.54) is 17.2 Å². The zero-order valence-corrected chi connectivity index (χ0v) is 22.9. The number of carbonyl (C=O) groups excluding carboxylic acids is 3. The van der Waals surface area contributed by atoms with Gasteiger partial charge in [0.05, 0.1) is 12.5 Å². The summed E-state index contributed by atoms with van der Waals surface area (Å²) in [6.07, 6.45) is 4.97. The molecule has 2 aliphatic rings. The standard InChI is InChI=1S/C31H35N5O5/c1-2-15-40-31(39)34-26(12-9-21-13-14-32-19-21)28(37)29-35-27(41-36-29)16-20-7-10-22(11-8-20)30(38)33-25-17-23-5-3-4-6-24(23)18-25/h2-8,10-11,21,25-26,32H,1,9,12-19H2,(H,33,38)(H,34,39)/t21-,26-/m1/s1.